The summed E-state index contributed by atoms with van der Waals surface area (Å²) < 4.78 is 25.1. The number of amides is 2. The van der Waals surface area contributed by atoms with Crippen LogP contribution in [0.1, 0.15) is 30.0 Å². The molecule has 0 aromatic carbocycles. The molecule has 2 atom stereocenters. The van der Waals surface area contributed by atoms with Crippen molar-refractivity contribution in [1.29, 1.82) is 0 Å². The summed E-state index contributed by atoms with van der Waals surface area (Å²) in [6.45, 7) is 4.45. The Kier molecular flexibility index (Phi) is 5.04. The van der Waals surface area contributed by atoms with Gasteiger partial charge in [0.25, 0.3) is 5.91 Å². The van der Waals surface area contributed by atoms with E-state index in [9.17, 15) is 18.0 Å². The Morgan fingerprint density at radius 3 is 2.56 bits per heavy atom. The van der Waals surface area contributed by atoms with Crippen LogP contribution in [0.3, 0.4) is 0 Å². The Labute approximate surface area is 158 Å². The van der Waals surface area contributed by atoms with E-state index in [-0.39, 0.29) is 24.1 Å². The molecule has 0 bridgehead atoms. The summed E-state index contributed by atoms with van der Waals surface area (Å²) in [5.74, 6) is -1.61. The summed E-state index contributed by atoms with van der Waals surface area (Å²) in [4.78, 5) is 35.6. The second kappa shape index (κ2) is 7.01. The number of fused-ring (bicyclic) bond motifs is 1. The largest absolute Gasteiger partial charge is 0.324 e. The minimum Gasteiger partial charge on any atom is -0.324 e. The van der Waals surface area contributed by atoms with E-state index >= 15 is 0 Å². The van der Waals surface area contributed by atoms with E-state index in [1.807, 2.05) is 13.8 Å². The highest BCUT2D eigenvalue weighted by Gasteiger charge is 2.54. The van der Waals surface area contributed by atoms with Crippen molar-refractivity contribution in [2.45, 2.75) is 26.4 Å². The van der Waals surface area contributed by atoms with Crippen LogP contribution in [0.2, 0.25) is 0 Å². The second-order valence-corrected chi connectivity index (χ2v) is 8.92. The molecule has 0 unspecified atom stereocenters. The average Bonchev–Trinajstić information content (AvgIpc) is 3.10. The summed E-state index contributed by atoms with van der Waals surface area (Å²) in [5, 5.41) is 2.95. The van der Waals surface area contributed by atoms with Crippen LogP contribution in [0.4, 0.5) is 0 Å². The lowest BCUT2D eigenvalue weighted by Gasteiger charge is -2.28. The highest BCUT2D eigenvalue weighted by molar-refractivity contribution is 7.89. The van der Waals surface area contributed by atoms with Crippen molar-refractivity contribution in [1.82, 2.24) is 24.5 Å². The molecule has 1 fully saturated rings. The van der Waals surface area contributed by atoms with Gasteiger partial charge in [-0.25, -0.2) is 17.7 Å². The van der Waals surface area contributed by atoms with Gasteiger partial charge in [-0.3, -0.25) is 14.6 Å². The fraction of sp³-hybridized carbons (Fsp3) is 0.529. The fourth-order valence-electron chi connectivity index (χ4n) is 3.66. The Morgan fingerprint density at radius 2 is 2.04 bits per heavy atom. The maximum Gasteiger partial charge on any atom is 0.274 e. The number of sulfonamides is 1. The van der Waals surface area contributed by atoms with Crippen LogP contribution < -0.4 is 5.32 Å². The molecule has 1 N–H and O–H groups in total. The number of nitrogens with one attached hydrogen (secondary N) is 1. The van der Waals surface area contributed by atoms with Crippen LogP contribution >= 0.6 is 0 Å². The van der Waals surface area contributed by atoms with Crippen molar-refractivity contribution in [2.75, 3.05) is 19.8 Å². The van der Waals surface area contributed by atoms with E-state index in [1.165, 1.54) is 17.3 Å². The molecule has 2 amide bonds. The molecule has 1 saturated heterocycles. The van der Waals surface area contributed by atoms with Crippen molar-refractivity contribution in [3.8, 4) is 0 Å². The molecule has 1 aromatic rings. The highest BCUT2D eigenvalue weighted by Crippen LogP contribution is 2.41. The van der Waals surface area contributed by atoms with E-state index in [0.717, 1.165) is 10.6 Å². The fourth-order valence-corrected chi connectivity index (χ4v) is 4.68. The van der Waals surface area contributed by atoms with Gasteiger partial charge in [-0.1, -0.05) is 13.8 Å². The van der Waals surface area contributed by atoms with Gasteiger partial charge in [-0.2, -0.15) is 0 Å². The van der Waals surface area contributed by atoms with Gasteiger partial charge in [0, 0.05) is 13.1 Å². The second-order valence-electron chi connectivity index (χ2n) is 7.09. The van der Waals surface area contributed by atoms with Gasteiger partial charge < -0.3 is 10.2 Å². The van der Waals surface area contributed by atoms with E-state index in [4.69, 9.17) is 0 Å². The Hall–Kier alpha value is -2.33. The molecule has 10 heteroatoms. The van der Waals surface area contributed by atoms with Crippen LogP contribution in [0.25, 0.3) is 0 Å². The number of aromatic nitrogens is 2. The van der Waals surface area contributed by atoms with E-state index in [2.05, 4.69) is 15.3 Å². The van der Waals surface area contributed by atoms with E-state index in [1.54, 1.807) is 13.1 Å². The molecular formula is C17H23N5O4S. The summed E-state index contributed by atoms with van der Waals surface area (Å²) in [6.07, 6.45) is 5.56. The lowest BCUT2D eigenvalue weighted by molar-refractivity contribution is -0.128. The van der Waals surface area contributed by atoms with Crippen molar-refractivity contribution in [3.63, 3.8) is 0 Å². The molecule has 0 spiro atoms. The third-order valence-corrected chi connectivity index (χ3v) is 5.84. The van der Waals surface area contributed by atoms with Crippen molar-refractivity contribution >= 4 is 21.8 Å². The number of carbonyl (C=O) groups excluding carboxylic acids is 2. The number of nitrogens with zero attached hydrogens (tertiary/aromatic N) is 4. The molecule has 2 aliphatic rings. The van der Waals surface area contributed by atoms with Gasteiger partial charge in [0.05, 0.1) is 42.0 Å². The molecule has 27 heavy (non-hydrogen) atoms. The smallest absolute Gasteiger partial charge is 0.274 e. The van der Waals surface area contributed by atoms with Gasteiger partial charge in [0.2, 0.25) is 15.9 Å². The average molecular weight is 393 g/mol. The lowest BCUT2D eigenvalue weighted by Crippen LogP contribution is -2.43. The predicted molar refractivity (Wildman–Crippen MR) is 97.7 cm³/mol. The van der Waals surface area contributed by atoms with Crippen LogP contribution in [-0.2, 0) is 21.4 Å². The Morgan fingerprint density at radius 1 is 1.33 bits per heavy atom. The third kappa shape index (κ3) is 3.34. The molecule has 0 radical (unpaired) electrons. The minimum atomic E-state index is -3.76. The SMILES string of the molecule is CNCc1cnc(C(=O)N2CC=C3[C@H]2[C@@H](C(C)C)C(=O)N3S(C)(=O)=O)cn1. The van der Waals surface area contributed by atoms with E-state index in [0.29, 0.717) is 17.9 Å². The number of rotatable bonds is 5. The van der Waals surface area contributed by atoms with Gasteiger partial charge >= 0.3 is 0 Å². The van der Waals surface area contributed by atoms with Crippen LogP contribution in [0.15, 0.2) is 24.2 Å². The van der Waals surface area contributed by atoms with E-state index < -0.39 is 27.9 Å². The summed E-state index contributed by atoms with van der Waals surface area (Å²) in [6, 6.07) is -0.612. The van der Waals surface area contributed by atoms with Crippen molar-refractivity contribution in [2.24, 2.45) is 11.8 Å². The maximum atomic E-state index is 13.0. The molecule has 3 rings (SSSR count). The molecule has 9 nitrogen and oxygen atoms in total. The van der Waals surface area contributed by atoms with Gasteiger partial charge in [-0.05, 0) is 19.0 Å². The first-order valence-electron chi connectivity index (χ1n) is 8.67. The quantitative estimate of drug-likeness (QED) is 0.748. The Balaban J connectivity index is 1.93. The lowest BCUT2D eigenvalue weighted by atomic mass is 9.89. The summed E-state index contributed by atoms with van der Waals surface area (Å²) >= 11 is 0. The van der Waals surface area contributed by atoms with Crippen molar-refractivity contribution < 1.29 is 18.0 Å². The van der Waals surface area contributed by atoms with Crippen LogP contribution in [-0.4, -0.2) is 65.3 Å². The summed E-state index contributed by atoms with van der Waals surface area (Å²) in [5.41, 5.74) is 1.22. The number of hydrogen-bond acceptors (Lipinski definition) is 7. The molecule has 0 saturated carbocycles. The zero-order valence-electron chi connectivity index (χ0n) is 15.7. The molecule has 1 aromatic heterocycles. The van der Waals surface area contributed by atoms with Gasteiger partial charge in [-0.15, -0.1) is 0 Å². The highest BCUT2D eigenvalue weighted by atomic mass is 32.2. The molecular weight excluding hydrogens is 370 g/mol. The standard InChI is InChI=1S/C17H23N5O4S/c1-10(2)14-15-13(22(17(14)24)27(4,25)26)5-6-21(15)16(23)12-9-19-11(7-18-3)8-20-12/h5,8-10,14-15,18H,6-7H2,1-4H3/t14-,15+/m1/s1. The zero-order chi connectivity index (χ0) is 19.9. The first kappa shape index (κ1) is 19.4. The number of hydrogen-bond donors (Lipinski definition) is 1. The van der Waals surface area contributed by atoms with Crippen LogP contribution in [0, 0.1) is 11.8 Å². The molecule has 3 heterocycles. The van der Waals surface area contributed by atoms with Gasteiger partial charge in [0.15, 0.2) is 0 Å². The molecule has 146 valence electrons. The third-order valence-electron chi connectivity index (χ3n) is 4.79. The Bertz CT molecular complexity index is 894. The van der Waals surface area contributed by atoms with Crippen molar-refractivity contribution in [3.05, 3.63) is 35.6 Å². The maximum absolute atomic E-state index is 13.0. The first-order chi connectivity index (χ1) is 12.7. The first-order valence-corrected chi connectivity index (χ1v) is 10.5. The molecule has 0 aliphatic carbocycles. The van der Waals surface area contributed by atoms with Gasteiger partial charge in [0.1, 0.15) is 5.69 Å². The normalized spacial score (nSPS) is 22.4. The number of carbonyl (C=O) groups is 2. The predicted octanol–water partition coefficient (Wildman–Crippen LogP) is -0.0217. The topological polar surface area (TPSA) is 113 Å². The van der Waals surface area contributed by atoms with Crippen LogP contribution in [0.5, 0.6) is 0 Å². The zero-order valence-corrected chi connectivity index (χ0v) is 16.5. The molecule has 2 aliphatic heterocycles. The monoisotopic (exact) mass is 393 g/mol. The summed E-state index contributed by atoms with van der Waals surface area (Å²) in [7, 11) is -1.97. The minimum absolute atomic E-state index is 0.130.